The third-order valence-corrected chi connectivity index (χ3v) is 4.20. The lowest BCUT2D eigenvalue weighted by Gasteiger charge is -2.41. The number of ether oxygens (including phenoxy) is 1. The maximum absolute atomic E-state index is 10.3. The maximum atomic E-state index is 10.3. The van der Waals surface area contributed by atoms with Crippen molar-refractivity contribution >= 4 is 5.69 Å². The van der Waals surface area contributed by atoms with Crippen molar-refractivity contribution in [1.29, 1.82) is 0 Å². The van der Waals surface area contributed by atoms with Gasteiger partial charge in [0.15, 0.2) is 0 Å². The van der Waals surface area contributed by atoms with Crippen molar-refractivity contribution in [2.45, 2.75) is 45.8 Å². The average Bonchev–Trinajstić information content (AvgIpc) is 2.37. The number of aliphatic hydroxyl groups is 1. The Bertz CT molecular complexity index is 429. The summed E-state index contributed by atoms with van der Waals surface area (Å²) in [6.45, 7) is 6.55. The van der Waals surface area contributed by atoms with Gasteiger partial charge in [0, 0.05) is 18.2 Å². The summed E-state index contributed by atoms with van der Waals surface area (Å²) in [4.78, 5) is 0. The lowest BCUT2D eigenvalue weighted by Crippen LogP contribution is -2.48. The molecular weight excluding hydrogens is 226 g/mol. The van der Waals surface area contributed by atoms with E-state index in [-0.39, 0.29) is 17.6 Å². The molecule has 100 valence electrons. The molecule has 1 aromatic rings. The molecule has 0 saturated heterocycles. The molecule has 2 rings (SSSR count). The lowest BCUT2D eigenvalue weighted by molar-refractivity contribution is 0.0887. The summed E-state index contributed by atoms with van der Waals surface area (Å²) in [5.74, 6) is 0.852. The molecular formula is C15H23NO2. The van der Waals surface area contributed by atoms with E-state index in [4.69, 9.17) is 4.74 Å². The Hall–Kier alpha value is -1.22. The Morgan fingerprint density at radius 1 is 1.44 bits per heavy atom. The summed E-state index contributed by atoms with van der Waals surface area (Å²) < 4.78 is 5.25. The first-order valence-electron chi connectivity index (χ1n) is 6.59. The minimum absolute atomic E-state index is 0.0696. The van der Waals surface area contributed by atoms with Gasteiger partial charge in [-0.2, -0.15) is 0 Å². The van der Waals surface area contributed by atoms with E-state index in [9.17, 15) is 5.11 Å². The van der Waals surface area contributed by atoms with Gasteiger partial charge in [-0.3, -0.25) is 0 Å². The second-order valence-electron chi connectivity index (χ2n) is 5.76. The first kappa shape index (κ1) is 13.2. The van der Waals surface area contributed by atoms with E-state index in [1.807, 2.05) is 18.2 Å². The topological polar surface area (TPSA) is 41.5 Å². The molecule has 1 aliphatic rings. The number of nitrogens with one attached hydrogen (secondary N) is 1. The molecule has 0 aliphatic carbocycles. The number of hydrogen-bond acceptors (Lipinski definition) is 3. The zero-order valence-electron chi connectivity index (χ0n) is 11.7. The number of rotatable bonds is 3. The normalized spacial score (nSPS) is 23.2. The van der Waals surface area contributed by atoms with Crippen LogP contribution in [0.1, 0.15) is 32.8 Å². The Kier molecular flexibility index (Phi) is 3.53. The SMILES string of the molecule is CCC(C)(C)C1Nc2cc(OC)ccc2CC1O. The van der Waals surface area contributed by atoms with Crippen LogP contribution in [0.2, 0.25) is 0 Å². The van der Waals surface area contributed by atoms with E-state index in [1.165, 1.54) is 0 Å². The Morgan fingerprint density at radius 3 is 2.78 bits per heavy atom. The second-order valence-corrected chi connectivity index (χ2v) is 5.76. The molecule has 0 aromatic heterocycles. The number of methoxy groups -OCH3 is 1. The van der Waals surface area contributed by atoms with Gasteiger partial charge in [0.2, 0.25) is 0 Å². The van der Waals surface area contributed by atoms with Crippen molar-refractivity contribution in [2.24, 2.45) is 5.41 Å². The van der Waals surface area contributed by atoms with Crippen LogP contribution in [0.5, 0.6) is 5.75 Å². The first-order valence-corrected chi connectivity index (χ1v) is 6.59. The average molecular weight is 249 g/mol. The predicted octanol–water partition coefficient (Wildman–Crippen LogP) is 2.83. The second kappa shape index (κ2) is 4.81. The van der Waals surface area contributed by atoms with E-state index >= 15 is 0 Å². The fourth-order valence-corrected chi connectivity index (χ4v) is 2.54. The van der Waals surface area contributed by atoms with Crippen LogP contribution in [0, 0.1) is 5.41 Å². The van der Waals surface area contributed by atoms with Gasteiger partial charge in [0.05, 0.1) is 19.3 Å². The van der Waals surface area contributed by atoms with Crippen LogP contribution in [0.15, 0.2) is 18.2 Å². The standard InChI is InChI=1S/C15H23NO2/c1-5-15(2,3)14-13(17)8-10-6-7-11(18-4)9-12(10)16-14/h6-7,9,13-14,16-17H,5,8H2,1-4H3. The molecule has 1 heterocycles. The molecule has 1 aliphatic heterocycles. The van der Waals surface area contributed by atoms with E-state index in [0.717, 1.165) is 23.4 Å². The molecule has 3 nitrogen and oxygen atoms in total. The fourth-order valence-electron chi connectivity index (χ4n) is 2.54. The van der Waals surface area contributed by atoms with E-state index in [2.05, 4.69) is 26.1 Å². The van der Waals surface area contributed by atoms with Crippen LogP contribution in [0.4, 0.5) is 5.69 Å². The minimum Gasteiger partial charge on any atom is -0.497 e. The van der Waals surface area contributed by atoms with E-state index in [0.29, 0.717) is 6.42 Å². The van der Waals surface area contributed by atoms with Crippen LogP contribution < -0.4 is 10.1 Å². The third kappa shape index (κ3) is 2.32. The van der Waals surface area contributed by atoms with Crippen LogP contribution in [-0.2, 0) is 6.42 Å². The zero-order chi connectivity index (χ0) is 13.3. The van der Waals surface area contributed by atoms with E-state index in [1.54, 1.807) is 7.11 Å². The highest BCUT2D eigenvalue weighted by Crippen LogP contribution is 2.36. The van der Waals surface area contributed by atoms with Crippen molar-refractivity contribution in [2.75, 3.05) is 12.4 Å². The molecule has 3 heteroatoms. The zero-order valence-corrected chi connectivity index (χ0v) is 11.7. The van der Waals surface area contributed by atoms with Gasteiger partial charge in [0.1, 0.15) is 5.75 Å². The lowest BCUT2D eigenvalue weighted by atomic mass is 9.76. The largest absolute Gasteiger partial charge is 0.497 e. The summed E-state index contributed by atoms with van der Waals surface area (Å²) in [6, 6.07) is 6.07. The number of aliphatic hydroxyl groups excluding tert-OH is 1. The van der Waals surface area contributed by atoms with Gasteiger partial charge in [-0.25, -0.2) is 0 Å². The van der Waals surface area contributed by atoms with Crippen LogP contribution in [-0.4, -0.2) is 24.4 Å². The van der Waals surface area contributed by atoms with Crippen LogP contribution in [0.25, 0.3) is 0 Å². The number of benzene rings is 1. The van der Waals surface area contributed by atoms with Crippen molar-refractivity contribution < 1.29 is 9.84 Å². The van der Waals surface area contributed by atoms with Crippen molar-refractivity contribution in [3.63, 3.8) is 0 Å². The van der Waals surface area contributed by atoms with Gasteiger partial charge in [-0.1, -0.05) is 26.8 Å². The Morgan fingerprint density at radius 2 is 2.17 bits per heavy atom. The Balaban J connectivity index is 2.30. The summed E-state index contributed by atoms with van der Waals surface area (Å²) in [6.07, 6.45) is 1.41. The molecule has 0 fully saturated rings. The molecule has 0 spiro atoms. The highest BCUT2D eigenvalue weighted by Gasteiger charge is 2.36. The minimum atomic E-state index is -0.333. The molecule has 0 bridgehead atoms. The summed E-state index contributed by atoms with van der Waals surface area (Å²) in [5.41, 5.74) is 2.32. The molecule has 2 unspecified atom stereocenters. The van der Waals surface area contributed by atoms with Crippen LogP contribution in [0.3, 0.4) is 0 Å². The van der Waals surface area contributed by atoms with Gasteiger partial charge in [0.25, 0.3) is 0 Å². The molecule has 1 aromatic carbocycles. The number of fused-ring (bicyclic) bond motifs is 1. The molecule has 18 heavy (non-hydrogen) atoms. The highest BCUT2D eigenvalue weighted by atomic mass is 16.5. The molecule has 0 amide bonds. The fraction of sp³-hybridized carbons (Fsp3) is 0.600. The predicted molar refractivity (Wildman–Crippen MR) is 74.2 cm³/mol. The third-order valence-electron chi connectivity index (χ3n) is 4.20. The van der Waals surface area contributed by atoms with Gasteiger partial charge in [-0.15, -0.1) is 0 Å². The van der Waals surface area contributed by atoms with Crippen molar-refractivity contribution in [3.05, 3.63) is 23.8 Å². The van der Waals surface area contributed by atoms with Crippen LogP contribution >= 0.6 is 0 Å². The molecule has 0 saturated carbocycles. The molecule has 2 atom stereocenters. The number of hydrogen-bond donors (Lipinski definition) is 2. The smallest absolute Gasteiger partial charge is 0.120 e. The molecule has 0 radical (unpaired) electrons. The van der Waals surface area contributed by atoms with Gasteiger partial charge < -0.3 is 15.2 Å². The van der Waals surface area contributed by atoms with E-state index < -0.39 is 0 Å². The van der Waals surface area contributed by atoms with Crippen molar-refractivity contribution in [1.82, 2.24) is 0 Å². The maximum Gasteiger partial charge on any atom is 0.120 e. The first-order chi connectivity index (χ1) is 8.47. The quantitative estimate of drug-likeness (QED) is 0.865. The number of anilines is 1. The Labute approximate surface area is 109 Å². The summed E-state index contributed by atoms with van der Waals surface area (Å²) in [5, 5.41) is 13.8. The summed E-state index contributed by atoms with van der Waals surface area (Å²) >= 11 is 0. The summed E-state index contributed by atoms with van der Waals surface area (Å²) in [7, 11) is 1.67. The monoisotopic (exact) mass is 249 g/mol. The highest BCUT2D eigenvalue weighted by molar-refractivity contribution is 5.58. The van der Waals surface area contributed by atoms with Gasteiger partial charge >= 0.3 is 0 Å². The van der Waals surface area contributed by atoms with Crippen molar-refractivity contribution in [3.8, 4) is 5.75 Å². The molecule has 2 N–H and O–H groups in total. The van der Waals surface area contributed by atoms with Gasteiger partial charge in [-0.05, 0) is 23.5 Å².